The largest absolute Gasteiger partial charge is 0.459 e. The summed E-state index contributed by atoms with van der Waals surface area (Å²) in [5.74, 6) is 1.33. The molecular formula is C24H34O3. The second-order valence-electron chi connectivity index (χ2n) is 10.4. The van der Waals surface area contributed by atoms with Crippen LogP contribution in [0.3, 0.4) is 0 Å². The predicted octanol–water partition coefficient (Wildman–Crippen LogP) is 5.22. The molecule has 148 valence electrons. The molecule has 0 amide bonds. The van der Waals surface area contributed by atoms with Crippen molar-refractivity contribution in [2.45, 2.75) is 89.3 Å². The standard InChI is InChI=1S/C24H34O3/c1-4-19(20-8-6-5-7-9-20)15-22(2,3)21(25)27-24-13-17-10-18(14-24)12-23(26,11-17)16-24/h5-9,17-19,26H,4,10-16H2,1-3H3. The van der Waals surface area contributed by atoms with Crippen molar-refractivity contribution in [1.29, 1.82) is 0 Å². The molecule has 0 spiro atoms. The van der Waals surface area contributed by atoms with Crippen LogP contribution in [0.1, 0.15) is 83.6 Å². The van der Waals surface area contributed by atoms with Gasteiger partial charge in [0.1, 0.15) is 5.60 Å². The molecule has 4 saturated carbocycles. The van der Waals surface area contributed by atoms with Crippen molar-refractivity contribution in [3.8, 4) is 0 Å². The van der Waals surface area contributed by atoms with E-state index in [0.717, 1.165) is 38.5 Å². The fourth-order valence-corrected chi connectivity index (χ4v) is 6.51. The summed E-state index contributed by atoms with van der Waals surface area (Å²) in [4.78, 5) is 13.2. The van der Waals surface area contributed by atoms with Gasteiger partial charge in [0.2, 0.25) is 0 Å². The molecule has 4 aliphatic rings. The van der Waals surface area contributed by atoms with E-state index in [1.54, 1.807) is 0 Å². The van der Waals surface area contributed by atoms with E-state index in [1.807, 2.05) is 19.9 Å². The average Bonchev–Trinajstić information content (AvgIpc) is 2.58. The Morgan fingerprint density at radius 2 is 1.81 bits per heavy atom. The molecule has 0 heterocycles. The number of hydrogen-bond donors (Lipinski definition) is 1. The highest BCUT2D eigenvalue weighted by atomic mass is 16.6. The van der Waals surface area contributed by atoms with Gasteiger partial charge in [-0.25, -0.2) is 0 Å². The molecule has 0 saturated heterocycles. The molecule has 1 aromatic carbocycles. The second kappa shape index (κ2) is 6.62. The van der Waals surface area contributed by atoms with Crippen molar-refractivity contribution in [2.75, 3.05) is 0 Å². The highest BCUT2D eigenvalue weighted by Gasteiger charge is 2.59. The quantitative estimate of drug-likeness (QED) is 0.698. The van der Waals surface area contributed by atoms with Crippen molar-refractivity contribution in [3.63, 3.8) is 0 Å². The lowest BCUT2D eigenvalue weighted by Gasteiger charge is -2.59. The van der Waals surface area contributed by atoms with Crippen molar-refractivity contribution >= 4 is 5.97 Å². The summed E-state index contributed by atoms with van der Waals surface area (Å²) in [5.41, 5.74) is -0.237. The van der Waals surface area contributed by atoms with Crippen LogP contribution in [0, 0.1) is 17.3 Å². The number of rotatable bonds is 6. The summed E-state index contributed by atoms with van der Waals surface area (Å²) < 4.78 is 6.26. The summed E-state index contributed by atoms with van der Waals surface area (Å²) in [7, 11) is 0. The zero-order chi connectivity index (χ0) is 19.3. The molecule has 3 unspecified atom stereocenters. The van der Waals surface area contributed by atoms with Gasteiger partial charge in [-0.1, -0.05) is 37.3 Å². The van der Waals surface area contributed by atoms with Crippen LogP contribution >= 0.6 is 0 Å². The van der Waals surface area contributed by atoms with Crippen LogP contribution in [0.5, 0.6) is 0 Å². The Morgan fingerprint density at radius 3 is 2.37 bits per heavy atom. The summed E-state index contributed by atoms with van der Waals surface area (Å²) in [5, 5.41) is 10.9. The third-order valence-corrected chi connectivity index (χ3v) is 7.36. The minimum Gasteiger partial charge on any atom is -0.459 e. The number of ether oxygens (including phenoxy) is 1. The highest BCUT2D eigenvalue weighted by molar-refractivity contribution is 5.76. The first-order chi connectivity index (χ1) is 12.7. The number of carbonyl (C=O) groups is 1. The van der Waals surface area contributed by atoms with Gasteiger partial charge in [-0.2, -0.15) is 0 Å². The Hall–Kier alpha value is -1.35. The lowest BCUT2D eigenvalue weighted by molar-refractivity contribution is -0.225. The number of carbonyl (C=O) groups excluding carboxylic acids is 1. The van der Waals surface area contributed by atoms with Gasteiger partial charge in [0.25, 0.3) is 0 Å². The smallest absolute Gasteiger partial charge is 0.312 e. The molecule has 1 N–H and O–H groups in total. The molecule has 3 nitrogen and oxygen atoms in total. The summed E-state index contributed by atoms with van der Waals surface area (Å²) in [6.45, 7) is 6.24. The molecule has 4 aliphatic carbocycles. The van der Waals surface area contributed by atoms with Crippen LogP contribution in [0.25, 0.3) is 0 Å². The first-order valence-electron chi connectivity index (χ1n) is 10.7. The highest BCUT2D eigenvalue weighted by Crippen LogP contribution is 2.59. The Labute approximate surface area is 163 Å². The SMILES string of the molecule is CCC(CC(C)(C)C(=O)OC12CC3CC(CC(O)(C3)C1)C2)c1ccccc1. The molecular weight excluding hydrogens is 336 g/mol. The van der Waals surface area contributed by atoms with E-state index in [9.17, 15) is 9.90 Å². The first-order valence-corrected chi connectivity index (χ1v) is 10.7. The van der Waals surface area contributed by atoms with E-state index in [0.29, 0.717) is 24.2 Å². The molecule has 5 rings (SSSR count). The zero-order valence-electron chi connectivity index (χ0n) is 17.0. The van der Waals surface area contributed by atoms with Crippen molar-refractivity contribution in [3.05, 3.63) is 35.9 Å². The molecule has 0 aliphatic heterocycles. The normalized spacial score (nSPS) is 35.9. The van der Waals surface area contributed by atoms with Gasteiger partial charge < -0.3 is 9.84 Å². The van der Waals surface area contributed by atoms with Gasteiger partial charge >= 0.3 is 5.97 Å². The minimum atomic E-state index is -0.593. The summed E-state index contributed by atoms with van der Waals surface area (Å²) >= 11 is 0. The molecule has 1 aromatic rings. The lowest BCUT2D eigenvalue weighted by Crippen LogP contribution is -2.61. The summed E-state index contributed by atoms with van der Waals surface area (Å²) in [6, 6.07) is 10.5. The molecule has 27 heavy (non-hydrogen) atoms. The van der Waals surface area contributed by atoms with E-state index in [-0.39, 0.29) is 5.97 Å². The Balaban J connectivity index is 1.47. The van der Waals surface area contributed by atoms with Gasteiger partial charge in [-0.05, 0) is 82.1 Å². The predicted molar refractivity (Wildman–Crippen MR) is 106 cm³/mol. The van der Waals surface area contributed by atoms with Crippen LogP contribution < -0.4 is 0 Å². The van der Waals surface area contributed by atoms with E-state index in [2.05, 4.69) is 31.2 Å². The second-order valence-corrected chi connectivity index (χ2v) is 10.4. The topological polar surface area (TPSA) is 46.5 Å². The number of aliphatic hydroxyl groups is 1. The first kappa shape index (κ1) is 19.0. The summed E-state index contributed by atoms with van der Waals surface area (Å²) in [6.07, 6.45) is 7.35. The maximum atomic E-state index is 13.2. The fourth-order valence-electron chi connectivity index (χ4n) is 6.51. The van der Waals surface area contributed by atoms with Crippen LogP contribution in [-0.2, 0) is 9.53 Å². The van der Waals surface area contributed by atoms with Gasteiger partial charge in [-0.15, -0.1) is 0 Å². The van der Waals surface area contributed by atoms with Crippen LogP contribution in [0.2, 0.25) is 0 Å². The number of esters is 1. The molecule has 0 aromatic heterocycles. The van der Waals surface area contributed by atoms with Crippen LogP contribution in [0.15, 0.2) is 30.3 Å². The molecule has 0 radical (unpaired) electrons. The fraction of sp³-hybridized carbons (Fsp3) is 0.708. The third kappa shape index (κ3) is 3.68. The maximum absolute atomic E-state index is 13.2. The Bertz CT molecular complexity index is 679. The van der Waals surface area contributed by atoms with Gasteiger partial charge in [0, 0.05) is 6.42 Å². The minimum absolute atomic E-state index is 0.0811. The maximum Gasteiger partial charge on any atom is 0.312 e. The monoisotopic (exact) mass is 370 g/mol. The van der Waals surface area contributed by atoms with Gasteiger partial charge in [-0.3, -0.25) is 4.79 Å². The van der Waals surface area contributed by atoms with E-state index in [4.69, 9.17) is 4.74 Å². The van der Waals surface area contributed by atoms with Crippen LogP contribution in [0.4, 0.5) is 0 Å². The molecule has 4 fully saturated rings. The molecule has 3 heteroatoms. The zero-order valence-corrected chi connectivity index (χ0v) is 17.0. The van der Waals surface area contributed by atoms with Crippen molar-refractivity contribution in [1.82, 2.24) is 0 Å². The van der Waals surface area contributed by atoms with E-state index < -0.39 is 16.6 Å². The van der Waals surface area contributed by atoms with Gasteiger partial charge in [0.15, 0.2) is 0 Å². The number of benzene rings is 1. The Morgan fingerprint density at radius 1 is 1.19 bits per heavy atom. The third-order valence-electron chi connectivity index (χ3n) is 7.36. The number of hydrogen-bond acceptors (Lipinski definition) is 3. The van der Waals surface area contributed by atoms with Crippen molar-refractivity contribution < 1.29 is 14.6 Å². The molecule has 3 atom stereocenters. The van der Waals surface area contributed by atoms with Crippen LogP contribution in [-0.4, -0.2) is 22.3 Å². The van der Waals surface area contributed by atoms with E-state index >= 15 is 0 Å². The van der Waals surface area contributed by atoms with Gasteiger partial charge in [0.05, 0.1) is 11.0 Å². The average molecular weight is 371 g/mol. The molecule has 4 bridgehead atoms. The lowest BCUT2D eigenvalue weighted by atomic mass is 9.52. The van der Waals surface area contributed by atoms with Crippen molar-refractivity contribution in [2.24, 2.45) is 17.3 Å². The van der Waals surface area contributed by atoms with E-state index in [1.165, 1.54) is 12.0 Å². The Kier molecular flexibility index (Phi) is 4.65.